The molecule has 0 aliphatic carbocycles. The summed E-state index contributed by atoms with van der Waals surface area (Å²) in [6.07, 6.45) is 12.8. The number of hydrogen-bond donors (Lipinski definition) is 2. The quantitative estimate of drug-likeness (QED) is 0.366. The molecule has 0 spiro atoms. The van der Waals surface area contributed by atoms with Crippen LogP contribution in [0, 0.1) is 5.92 Å². The summed E-state index contributed by atoms with van der Waals surface area (Å²) in [7, 11) is 0. The van der Waals surface area contributed by atoms with E-state index in [0.717, 1.165) is 19.3 Å². The Morgan fingerprint density at radius 3 is 2.08 bits per heavy atom. The Morgan fingerprint density at radius 1 is 1.08 bits per heavy atom. The van der Waals surface area contributed by atoms with Crippen LogP contribution < -0.4 is 0 Å². The van der Waals surface area contributed by atoms with Crippen LogP contribution in [0.1, 0.15) is 84.0 Å². The zero-order chi connectivity index (χ0) is 17.8. The van der Waals surface area contributed by atoms with Crippen LogP contribution in [0.2, 0.25) is 0 Å². The highest BCUT2D eigenvalue weighted by Crippen LogP contribution is 2.29. The monoisotopic (exact) mass is 340 g/mol. The average Bonchev–Trinajstić information content (AvgIpc) is 2.86. The molecule has 5 nitrogen and oxygen atoms in total. The average molecular weight is 340 g/mol. The summed E-state index contributed by atoms with van der Waals surface area (Å²) in [5.41, 5.74) is 0.415. The first-order valence-electron chi connectivity index (χ1n) is 9.36. The van der Waals surface area contributed by atoms with Gasteiger partial charge in [-0.05, 0) is 12.3 Å². The number of aliphatic carboxylic acids is 1. The van der Waals surface area contributed by atoms with Crippen LogP contribution in [-0.4, -0.2) is 28.4 Å². The van der Waals surface area contributed by atoms with Crippen LogP contribution in [0.4, 0.5) is 0 Å². The topological polar surface area (TPSA) is 83.8 Å². The molecule has 1 aliphatic rings. The van der Waals surface area contributed by atoms with Gasteiger partial charge >= 0.3 is 11.9 Å². The number of aliphatic hydroxyl groups is 1. The van der Waals surface area contributed by atoms with Crippen molar-refractivity contribution in [1.29, 1.82) is 0 Å². The third-order valence-corrected chi connectivity index (χ3v) is 4.60. The van der Waals surface area contributed by atoms with Crippen LogP contribution in [0.3, 0.4) is 0 Å². The lowest BCUT2D eigenvalue weighted by Crippen LogP contribution is -2.19. The maximum absolute atomic E-state index is 11.2. The smallest absolute Gasteiger partial charge is 0.333 e. The molecule has 1 aliphatic heterocycles. The highest BCUT2D eigenvalue weighted by molar-refractivity contribution is 5.86. The molecule has 1 rings (SSSR count). The molecule has 24 heavy (non-hydrogen) atoms. The molecule has 138 valence electrons. The number of carboxylic acid groups (broad SMARTS) is 1. The van der Waals surface area contributed by atoms with Gasteiger partial charge in [-0.1, -0.05) is 71.1 Å². The van der Waals surface area contributed by atoms with Crippen molar-refractivity contribution in [3.63, 3.8) is 0 Å². The molecule has 0 saturated heterocycles. The summed E-state index contributed by atoms with van der Waals surface area (Å²) >= 11 is 0. The lowest BCUT2D eigenvalue weighted by molar-refractivity contribution is -0.151. The molecule has 2 atom stereocenters. The fourth-order valence-electron chi connectivity index (χ4n) is 3.21. The number of carbonyl (C=O) groups excluding carboxylic acids is 1. The Labute approximate surface area is 145 Å². The van der Waals surface area contributed by atoms with E-state index in [4.69, 9.17) is 5.11 Å². The molecule has 0 radical (unpaired) electrons. The van der Waals surface area contributed by atoms with Gasteiger partial charge in [0.1, 0.15) is 0 Å². The van der Waals surface area contributed by atoms with Crippen LogP contribution >= 0.6 is 0 Å². The minimum Gasteiger partial charge on any atom is -0.481 e. The van der Waals surface area contributed by atoms with Crippen LogP contribution in [-0.2, 0) is 14.3 Å². The van der Waals surface area contributed by atoms with Crippen LogP contribution in [0.15, 0.2) is 11.6 Å². The third-order valence-electron chi connectivity index (χ3n) is 4.60. The van der Waals surface area contributed by atoms with Gasteiger partial charge < -0.3 is 14.9 Å². The first kappa shape index (κ1) is 20.7. The number of hydrogen-bond acceptors (Lipinski definition) is 4. The zero-order valence-electron chi connectivity index (χ0n) is 14.8. The van der Waals surface area contributed by atoms with Crippen molar-refractivity contribution in [1.82, 2.24) is 0 Å². The largest absolute Gasteiger partial charge is 0.481 e. The Bertz CT molecular complexity index is 416. The van der Waals surface area contributed by atoms with Crippen LogP contribution in [0.25, 0.3) is 0 Å². The number of carboxylic acids is 1. The van der Waals surface area contributed by atoms with Gasteiger partial charge in [0, 0.05) is 11.6 Å². The van der Waals surface area contributed by atoms with Crippen molar-refractivity contribution < 1.29 is 24.5 Å². The summed E-state index contributed by atoms with van der Waals surface area (Å²) in [6, 6.07) is 0. The summed E-state index contributed by atoms with van der Waals surface area (Å²) in [4.78, 5) is 22.2. The molecule has 2 unspecified atom stereocenters. The highest BCUT2D eigenvalue weighted by Gasteiger charge is 2.31. The predicted octanol–water partition coefficient (Wildman–Crippen LogP) is 4.19. The number of cyclic esters (lactones) is 1. The minimum absolute atomic E-state index is 0.0725. The van der Waals surface area contributed by atoms with Crippen molar-refractivity contribution >= 4 is 11.9 Å². The van der Waals surface area contributed by atoms with E-state index in [2.05, 4.69) is 11.7 Å². The van der Waals surface area contributed by atoms with E-state index in [1.54, 1.807) is 0 Å². The van der Waals surface area contributed by atoms with Crippen molar-refractivity contribution in [2.24, 2.45) is 5.92 Å². The molecule has 0 aromatic heterocycles. The molecule has 2 N–H and O–H groups in total. The number of unbranched alkanes of at least 4 members (excludes halogenated alkanes) is 9. The van der Waals surface area contributed by atoms with Gasteiger partial charge in [0.2, 0.25) is 6.29 Å². The normalized spacial score (nSPS) is 18.3. The van der Waals surface area contributed by atoms with E-state index < -0.39 is 18.2 Å². The maximum atomic E-state index is 11.2. The van der Waals surface area contributed by atoms with Gasteiger partial charge in [-0.25, -0.2) is 4.79 Å². The van der Waals surface area contributed by atoms with E-state index in [1.807, 2.05) is 0 Å². The molecule has 5 heteroatoms. The Balaban J connectivity index is 2.18. The van der Waals surface area contributed by atoms with E-state index in [-0.39, 0.29) is 12.3 Å². The fourth-order valence-corrected chi connectivity index (χ4v) is 3.21. The van der Waals surface area contributed by atoms with E-state index >= 15 is 0 Å². The number of carbonyl (C=O) groups is 2. The van der Waals surface area contributed by atoms with Crippen molar-refractivity contribution in [2.45, 2.75) is 90.3 Å². The van der Waals surface area contributed by atoms with Gasteiger partial charge in [0.25, 0.3) is 0 Å². The number of rotatable bonds is 14. The highest BCUT2D eigenvalue weighted by atomic mass is 16.6. The Kier molecular flexibility index (Phi) is 10.4. The lowest BCUT2D eigenvalue weighted by Gasteiger charge is -2.18. The lowest BCUT2D eigenvalue weighted by atomic mass is 9.89. The maximum Gasteiger partial charge on any atom is 0.333 e. The molecule has 1 heterocycles. The van der Waals surface area contributed by atoms with Crippen molar-refractivity contribution in [2.75, 3.05) is 0 Å². The molecule has 0 aromatic rings. The zero-order valence-corrected chi connectivity index (χ0v) is 14.8. The Hall–Kier alpha value is -1.36. The first-order valence-corrected chi connectivity index (χ1v) is 9.36. The van der Waals surface area contributed by atoms with Gasteiger partial charge in [-0.3, -0.25) is 4.79 Å². The summed E-state index contributed by atoms with van der Waals surface area (Å²) in [5.74, 6) is -1.83. The van der Waals surface area contributed by atoms with Gasteiger partial charge in [-0.2, -0.15) is 0 Å². The van der Waals surface area contributed by atoms with E-state index in [1.165, 1.54) is 51.0 Å². The molecular formula is C19H32O5. The van der Waals surface area contributed by atoms with Gasteiger partial charge in [-0.15, -0.1) is 0 Å². The summed E-state index contributed by atoms with van der Waals surface area (Å²) in [6.45, 7) is 2.22. The van der Waals surface area contributed by atoms with E-state index in [9.17, 15) is 14.7 Å². The third kappa shape index (κ3) is 8.48. The predicted molar refractivity (Wildman–Crippen MR) is 92.4 cm³/mol. The molecular weight excluding hydrogens is 308 g/mol. The number of ether oxygens (including phenoxy) is 1. The van der Waals surface area contributed by atoms with Crippen molar-refractivity contribution in [3.8, 4) is 0 Å². The fraction of sp³-hybridized carbons (Fsp3) is 0.789. The molecule has 0 saturated carbocycles. The second-order valence-corrected chi connectivity index (χ2v) is 6.70. The molecule has 0 fully saturated rings. The molecule has 0 amide bonds. The van der Waals surface area contributed by atoms with Crippen LogP contribution in [0.5, 0.6) is 0 Å². The molecule has 0 aromatic carbocycles. The first-order chi connectivity index (χ1) is 11.5. The van der Waals surface area contributed by atoms with E-state index in [0.29, 0.717) is 12.0 Å². The molecule has 0 bridgehead atoms. The SMILES string of the molecule is CCCCCCCCCCCCC(CC(=O)O)C1=CC(=O)OC1O. The summed E-state index contributed by atoms with van der Waals surface area (Å²) in [5, 5.41) is 18.7. The van der Waals surface area contributed by atoms with Crippen molar-refractivity contribution in [3.05, 3.63) is 11.6 Å². The standard InChI is InChI=1S/C19H32O5/c1-2-3-4-5-6-7-8-9-10-11-12-15(13-17(20)21)16-14-18(22)24-19(16)23/h14-15,19,23H,2-13H2,1H3,(H,20,21). The number of aliphatic hydroxyl groups excluding tert-OH is 1. The minimum atomic E-state index is -1.27. The number of esters is 1. The van der Waals surface area contributed by atoms with Gasteiger partial charge in [0.15, 0.2) is 0 Å². The summed E-state index contributed by atoms with van der Waals surface area (Å²) < 4.78 is 4.67. The second kappa shape index (κ2) is 12.1. The Morgan fingerprint density at radius 2 is 1.62 bits per heavy atom. The van der Waals surface area contributed by atoms with Gasteiger partial charge in [0.05, 0.1) is 6.42 Å². The second-order valence-electron chi connectivity index (χ2n) is 6.70.